The Bertz CT molecular complexity index is 363. The minimum absolute atomic E-state index is 0.487. The van der Waals surface area contributed by atoms with Crippen LogP contribution in [0.25, 0.3) is 0 Å². The van der Waals surface area contributed by atoms with Gasteiger partial charge in [0.2, 0.25) is 0 Å². The van der Waals surface area contributed by atoms with Crippen LogP contribution in [0.3, 0.4) is 0 Å². The van der Waals surface area contributed by atoms with Gasteiger partial charge in [0.25, 0.3) is 0 Å². The predicted octanol–water partition coefficient (Wildman–Crippen LogP) is 0.621. The number of ether oxygens (including phenoxy) is 1. The van der Waals surface area contributed by atoms with Gasteiger partial charge in [0.05, 0.1) is 6.61 Å². The summed E-state index contributed by atoms with van der Waals surface area (Å²) < 4.78 is 5.64. The van der Waals surface area contributed by atoms with E-state index < -0.39 is 7.12 Å². The van der Waals surface area contributed by atoms with E-state index >= 15 is 0 Å². The molecule has 1 aromatic carbocycles. The van der Waals surface area contributed by atoms with Gasteiger partial charge >= 0.3 is 7.12 Å². The van der Waals surface area contributed by atoms with Gasteiger partial charge in [0, 0.05) is 6.54 Å². The summed E-state index contributed by atoms with van der Waals surface area (Å²) in [5, 5.41) is 18.0. The number of hydrogen-bond donors (Lipinski definition) is 2. The van der Waals surface area contributed by atoms with Crippen molar-refractivity contribution in [3.63, 3.8) is 0 Å². The molecule has 0 bridgehead atoms. The first-order valence-electron chi connectivity index (χ1n) is 7.07. The number of likely N-dealkylation sites (tertiary alicyclic amines) is 1. The van der Waals surface area contributed by atoms with Gasteiger partial charge in [-0.1, -0.05) is 18.6 Å². The molecule has 0 aromatic heterocycles. The lowest BCUT2D eigenvalue weighted by Gasteiger charge is -2.26. The van der Waals surface area contributed by atoms with Crippen LogP contribution in [0, 0.1) is 0 Å². The minimum Gasteiger partial charge on any atom is -0.494 e. The lowest BCUT2D eigenvalue weighted by Crippen LogP contribution is -2.31. The second kappa shape index (κ2) is 7.53. The Morgan fingerprint density at radius 2 is 1.74 bits per heavy atom. The zero-order valence-electron chi connectivity index (χ0n) is 11.3. The molecule has 1 saturated heterocycles. The standard InChI is InChI=1S/C14H22BNO3/c17-15(18)13-5-7-14(8-6-13)19-12-4-11-16-9-2-1-3-10-16/h5-8,17-18H,1-4,9-12H2. The van der Waals surface area contributed by atoms with Crippen LogP contribution >= 0.6 is 0 Å². The van der Waals surface area contributed by atoms with Gasteiger partial charge in [0.1, 0.15) is 5.75 Å². The summed E-state index contributed by atoms with van der Waals surface area (Å²) >= 11 is 0. The van der Waals surface area contributed by atoms with Gasteiger partial charge in [-0.05, 0) is 49.9 Å². The largest absolute Gasteiger partial charge is 0.494 e. The zero-order chi connectivity index (χ0) is 13.5. The third kappa shape index (κ3) is 4.86. The molecule has 1 aliphatic rings. The number of hydrogen-bond acceptors (Lipinski definition) is 4. The summed E-state index contributed by atoms with van der Waals surface area (Å²) in [4.78, 5) is 2.50. The Kier molecular flexibility index (Phi) is 5.70. The summed E-state index contributed by atoms with van der Waals surface area (Å²) in [7, 11) is -1.41. The van der Waals surface area contributed by atoms with Crippen molar-refractivity contribution in [1.29, 1.82) is 0 Å². The van der Waals surface area contributed by atoms with Crippen molar-refractivity contribution in [2.45, 2.75) is 25.7 Å². The summed E-state index contributed by atoms with van der Waals surface area (Å²) in [6.07, 6.45) is 5.05. The topological polar surface area (TPSA) is 52.9 Å². The molecule has 4 nitrogen and oxygen atoms in total. The average molecular weight is 263 g/mol. The molecule has 1 aromatic rings. The van der Waals surface area contributed by atoms with Gasteiger partial charge in [-0.3, -0.25) is 0 Å². The van der Waals surface area contributed by atoms with Gasteiger partial charge in [-0.25, -0.2) is 0 Å². The number of piperidine rings is 1. The molecule has 19 heavy (non-hydrogen) atoms. The molecule has 1 heterocycles. The fraction of sp³-hybridized carbons (Fsp3) is 0.571. The maximum absolute atomic E-state index is 8.98. The highest BCUT2D eigenvalue weighted by atomic mass is 16.5. The van der Waals surface area contributed by atoms with E-state index in [1.54, 1.807) is 24.3 Å². The molecule has 104 valence electrons. The molecular formula is C14H22BNO3. The first-order valence-corrected chi connectivity index (χ1v) is 7.07. The van der Waals surface area contributed by atoms with Crippen LogP contribution in [0.5, 0.6) is 5.75 Å². The van der Waals surface area contributed by atoms with E-state index in [1.807, 2.05) is 0 Å². The summed E-state index contributed by atoms with van der Waals surface area (Å²) in [5.41, 5.74) is 0.487. The molecule has 2 rings (SSSR count). The molecule has 0 unspecified atom stereocenters. The third-order valence-corrected chi connectivity index (χ3v) is 3.51. The molecule has 0 atom stereocenters. The van der Waals surface area contributed by atoms with Gasteiger partial charge in [-0.15, -0.1) is 0 Å². The molecule has 0 amide bonds. The van der Waals surface area contributed by atoms with Crippen molar-refractivity contribution in [3.8, 4) is 5.75 Å². The average Bonchev–Trinajstić information content (AvgIpc) is 2.45. The van der Waals surface area contributed by atoms with Crippen LogP contribution < -0.4 is 10.2 Å². The first-order chi connectivity index (χ1) is 9.25. The predicted molar refractivity (Wildman–Crippen MR) is 76.7 cm³/mol. The van der Waals surface area contributed by atoms with E-state index in [-0.39, 0.29) is 0 Å². The van der Waals surface area contributed by atoms with Crippen LogP contribution in [-0.4, -0.2) is 48.3 Å². The van der Waals surface area contributed by atoms with E-state index in [0.29, 0.717) is 12.1 Å². The van der Waals surface area contributed by atoms with E-state index in [0.717, 1.165) is 18.7 Å². The van der Waals surface area contributed by atoms with Crippen LogP contribution in [0.1, 0.15) is 25.7 Å². The molecule has 0 aliphatic carbocycles. The van der Waals surface area contributed by atoms with Crippen molar-refractivity contribution < 1.29 is 14.8 Å². The van der Waals surface area contributed by atoms with E-state index in [4.69, 9.17) is 14.8 Å². The van der Waals surface area contributed by atoms with Crippen LogP contribution in [0.2, 0.25) is 0 Å². The maximum atomic E-state index is 8.98. The van der Waals surface area contributed by atoms with Crippen molar-refractivity contribution in [2.75, 3.05) is 26.2 Å². The molecule has 1 aliphatic heterocycles. The molecule has 1 fully saturated rings. The van der Waals surface area contributed by atoms with Crippen molar-refractivity contribution in [3.05, 3.63) is 24.3 Å². The SMILES string of the molecule is OB(O)c1ccc(OCCCN2CCCCC2)cc1. The van der Waals surface area contributed by atoms with Gasteiger partial charge < -0.3 is 19.7 Å². The van der Waals surface area contributed by atoms with Crippen LogP contribution in [0.15, 0.2) is 24.3 Å². The Hall–Kier alpha value is -1.04. The van der Waals surface area contributed by atoms with Crippen LogP contribution in [0.4, 0.5) is 0 Å². The highest BCUT2D eigenvalue weighted by Gasteiger charge is 2.10. The minimum atomic E-state index is -1.41. The highest BCUT2D eigenvalue weighted by Crippen LogP contribution is 2.10. The molecule has 0 saturated carbocycles. The van der Waals surface area contributed by atoms with Gasteiger partial charge in [-0.2, -0.15) is 0 Å². The summed E-state index contributed by atoms with van der Waals surface area (Å²) in [6.45, 7) is 4.26. The molecular weight excluding hydrogens is 241 g/mol. The number of benzene rings is 1. The summed E-state index contributed by atoms with van der Waals surface area (Å²) in [5.74, 6) is 0.781. The summed E-state index contributed by atoms with van der Waals surface area (Å²) in [6, 6.07) is 6.89. The fourth-order valence-corrected chi connectivity index (χ4v) is 2.40. The Morgan fingerprint density at radius 1 is 1.05 bits per heavy atom. The Balaban J connectivity index is 1.64. The molecule has 2 N–H and O–H groups in total. The Labute approximate surface area is 115 Å². The van der Waals surface area contributed by atoms with Crippen molar-refractivity contribution >= 4 is 12.6 Å². The first kappa shape index (κ1) is 14.4. The van der Waals surface area contributed by atoms with Crippen LogP contribution in [-0.2, 0) is 0 Å². The second-order valence-corrected chi connectivity index (χ2v) is 5.05. The molecule has 0 spiro atoms. The quantitative estimate of drug-likeness (QED) is 0.583. The highest BCUT2D eigenvalue weighted by molar-refractivity contribution is 6.58. The van der Waals surface area contributed by atoms with Crippen molar-refractivity contribution in [2.24, 2.45) is 0 Å². The van der Waals surface area contributed by atoms with E-state index in [9.17, 15) is 0 Å². The fourth-order valence-electron chi connectivity index (χ4n) is 2.40. The van der Waals surface area contributed by atoms with Crippen molar-refractivity contribution in [1.82, 2.24) is 4.90 Å². The lowest BCUT2D eigenvalue weighted by molar-refractivity contribution is 0.205. The lowest BCUT2D eigenvalue weighted by atomic mass is 9.80. The van der Waals surface area contributed by atoms with E-state index in [1.165, 1.54) is 32.4 Å². The monoisotopic (exact) mass is 263 g/mol. The molecule has 0 radical (unpaired) electrons. The van der Waals surface area contributed by atoms with Gasteiger partial charge in [0.15, 0.2) is 0 Å². The third-order valence-electron chi connectivity index (χ3n) is 3.51. The smallest absolute Gasteiger partial charge is 0.488 e. The number of rotatable bonds is 6. The normalized spacial score (nSPS) is 16.3. The maximum Gasteiger partial charge on any atom is 0.488 e. The zero-order valence-corrected chi connectivity index (χ0v) is 11.3. The Morgan fingerprint density at radius 3 is 2.37 bits per heavy atom. The van der Waals surface area contributed by atoms with E-state index in [2.05, 4.69) is 4.90 Å². The number of nitrogens with zero attached hydrogens (tertiary/aromatic N) is 1. The second-order valence-electron chi connectivity index (χ2n) is 5.05. The molecule has 5 heteroatoms.